The minimum atomic E-state index is -0.532. The highest BCUT2D eigenvalue weighted by Gasteiger charge is 2.13. The van der Waals surface area contributed by atoms with E-state index in [9.17, 15) is 4.39 Å². The first-order valence-electron chi connectivity index (χ1n) is 5.47. The molecule has 0 aliphatic heterocycles. The zero-order valence-corrected chi connectivity index (χ0v) is 9.35. The Balaban J connectivity index is 2.27. The zero-order chi connectivity index (χ0) is 12.5. The van der Waals surface area contributed by atoms with Gasteiger partial charge in [-0.3, -0.25) is 0 Å². The number of nitriles is 1. The van der Waals surface area contributed by atoms with Gasteiger partial charge in [-0.05, 0) is 24.3 Å². The summed E-state index contributed by atoms with van der Waals surface area (Å²) in [5, 5.41) is 9.93. The van der Waals surface area contributed by atoms with Crippen molar-refractivity contribution >= 4 is 11.0 Å². The molecule has 3 heteroatoms. The number of fused-ring (bicyclic) bond motifs is 1. The Morgan fingerprint density at radius 1 is 1.06 bits per heavy atom. The molecule has 0 saturated heterocycles. The van der Waals surface area contributed by atoms with Gasteiger partial charge in [0, 0.05) is 10.9 Å². The average molecular weight is 237 g/mol. The van der Waals surface area contributed by atoms with Gasteiger partial charge in [0.2, 0.25) is 0 Å². The minimum absolute atomic E-state index is 0.0107. The third-order valence-electron chi connectivity index (χ3n) is 2.82. The molecule has 0 fully saturated rings. The van der Waals surface area contributed by atoms with E-state index in [2.05, 4.69) is 0 Å². The number of nitrogens with zero attached hydrogens (tertiary/aromatic N) is 1. The van der Waals surface area contributed by atoms with Gasteiger partial charge in [-0.25, -0.2) is 4.39 Å². The van der Waals surface area contributed by atoms with E-state index in [4.69, 9.17) is 9.68 Å². The molecule has 0 saturated carbocycles. The molecule has 18 heavy (non-hydrogen) atoms. The Morgan fingerprint density at radius 2 is 1.89 bits per heavy atom. The van der Waals surface area contributed by atoms with Crippen molar-refractivity contribution < 1.29 is 8.81 Å². The Labute approximate surface area is 103 Å². The molecular weight excluding hydrogens is 229 g/mol. The number of benzene rings is 2. The fourth-order valence-electron chi connectivity index (χ4n) is 1.96. The van der Waals surface area contributed by atoms with E-state index >= 15 is 0 Å². The molecule has 3 rings (SSSR count). The summed E-state index contributed by atoms with van der Waals surface area (Å²) in [6.07, 6.45) is 0. The molecule has 3 aromatic rings. The van der Waals surface area contributed by atoms with Crippen LogP contribution in [0.4, 0.5) is 4.39 Å². The molecule has 0 amide bonds. The van der Waals surface area contributed by atoms with Gasteiger partial charge in [0.15, 0.2) is 0 Å². The smallest absolute Gasteiger partial charge is 0.141 e. The van der Waals surface area contributed by atoms with Gasteiger partial charge in [-0.15, -0.1) is 0 Å². The van der Waals surface area contributed by atoms with Gasteiger partial charge in [0.25, 0.3) is 0 Å². The standard InChI is InChI=1S/C15H8FNO/c16-13-6-3-5-11(12(13)9-17)15-8-10-4-1-2-7-14(10)18-15/h1-8H. The maximum Gasteiger partial charge on any atom is 0.141 e. The van der Waals surface area contributed by atoms with Gasteiger partial charge in [0.1, 0.15) is 23.2 Å². The van der Waals surface area contributed by atoms with E-state index in [1.165, 1.54) is 6.07 Å². The summed E-state index contributed by atoms with van der Waals surface area (Å²) in [6, 6.07) is 15.7. The molecule has 0 unspecified atom stereocenters. The number of hydrogen-bond acceptors (Lipinski definition) is 2. The molecule has 1 aromatic heterocycles. The van der Waals surface area contributed by atoms with Gasteiger partial charge >= 0.3 is 0 Å². The van der Waals surface area contributed by atoms with Gasteiger partial charge in [0.05, 0.1) is 5.56 Å². The lowest BCUT2D eigenvalue weighted by atomic mass is 10.1. The maximum absolute atomic E-state index is 13.5. The second-order valence-corrected chi connectivity index (χ2v) is 3.92. The van der Waals surface area contributed by atoms with Crippen molar-refractivity contribution in [1.29, 1.82) is 5.26 Å². The lowest BCUT2D eigenvalue weighted by molar-refractivity contribution is 0.615. The summed E-state index contributed by atoms with van der Waals surface area (Å²) in [5.74, 6) is -0.0253. The van der Waals surface area contributed by atoms with Crippen molar-refractivity contribution in [2.75, 3.05) is 0 Å². The maximum atomic E-state index is 13.5. The van der Waals surface area contributed by atoms with Crippen LogP contribution in [0, 0.1) is 17.1 Å². The van der Waals surface area contributed by atoms with E-state index in [-0.39, 0.29) is 5.56 Å². The van der Waals surface area contributed by atoms with E-state index in [1.54, 1.807) is 12.1 Å². The molecular formula is C15H8FNO. The van der Waals surface area contributed by atoms with Crippen molar-refractivity contribution in [2.24, 2.45) is 0 Å². The highest BCUT2D eigenvalue weighted by Crippen LogP contribution is 2.30. The van der Waals surface area contributed by atoms with Crippen LogP contribution in [-0.4, -0.2) is 0 Å². The normalized spacial score (nSPS) is 10.4. The lowest BCUT2D eigenvalue weighted by Crippen LogP contribution is -1.87. The average Bonchev–Trinajstić information content (AvgIpc) is 2.82. The Bertz CT molecular complexity index is 735. The molecule has 0 N–H and O–H groups in total. The molecule has 2 aromatic carbocycles. The highest BCUT2D eigenvalue weighted by atomic mass is 19.1. The Morgan fingerprint density at radius 3 is 2.67 bits per heavy atom. The van der Waals surface area contributed by atoms with Crippen molar-refractivity contribution in [3.05, 3.63) is 59.9 Å². The van der Waals surface area contributed by atoms with Crippen LogP contribution in [-0.2, 0) is 0 Å². The van der Waals surface area contributed by atoms with Crippen LogP contribution in [0.5, 0.6) is 0 Å². The summed E-state index contributed by atoms with van der Waals surface area (Å²) in [7, 11) is 0. The summed E-state index contributed by atoms with van der Waals surface area (Å²) in [6.45, 7) is 0. The molecule has 2 nitrogen and oxygen atoms in total. The molecule has 0 radical (unpaired) electrons. The van der Waals surface area contributed by atoms with E-state index in [0.717, 1.165) is 11.0 Å². The number of furan rings is 1. The molecule has 0 bridgehead atoms. The SMILES string of the molecule is N#Cc1c(F)cccc1-c1cc2ccccc2o1. The predicted molar refractivity (Wildman–Crippen MR) is 66.3 cm³/mol. The summed E-state index contributed by atoms with van der Waals surface area (Å²) in [4.78, 5) is 0. The fourth-order valence-corrected chi connectivity index (χ4v) is 1.96. The van der Waals surface area contributed by atoms with Crippen LogP contribution in [0.1, 0.15) is 5.56 Å². The molecule has 0 spiro atoms. The molecule has 0 aliphatic rings. The van der Waals surface area contributed by atoms with Gasteiger partial charge in [-0.1, -0.05) is 24.3 Å². The largest absolute Gasteiger partial charge is 0.456 e. The number of halogens is 1. The predicted octanol–water partition coefficient (Wildman–Crippen LogP) is 4.11. The number of hydrogen-bond donors (Lipinski definition) is 0. The third-order valence-corrected chi connectivity index (χ3v) is 2.82. The van der Waals surface area contributed by atoms with E-state index in [0.29, 0.717) is 11.3 Å². The summed E-state index contributed by atoms with van der Waals surface area (Å²) in [5.41, 5.74) is 1.21. The fraction of sp³-hybridized carbons (Fsp3) is 0. The number of rotatable bonds is 1. The molecule has 86 valence electrons. The topological polar surface area (TPSA) is 36.9 Å². The lowest BCUT2D eigenvalue weighted by Gasteiger charge is -2.00. The van der Waals surface area contributed by atoms with Crippen LogP contribution < -0.4 is 0 Å². The first-order valence-corrected chi connectivity index (χ1v) is 5.47. The Kier molecular flexibility index (Phi) is 2.35. The first kappa shape index (κ1) is 10.5. The van der Waals surface area contributed by atoms with Crippen molar-refractivity contribution in [3.8, 4) is 17.4 Å². The summed E-state index contributed by atoms with van der Waals surface area (Å²) < 4.78 is 19.2. The third kappa shape index (κ3) is 1.56. The molecule has 0 atom stereocenters. The van der Waals surface area contributed by atoms with Crippen LogP contribution in [0.3, 0.4) is 0 Å². The van der Waals surface area contributed by atoms with E-state index in [1.807, 2.05) is 36.4 Å². The quantitative estimate of drug-likeness (QED) is 0.638. The van der Waals surface area contributed by atoms with Gasteiger partial charge in [-0.2, -0.15) is 5.26 Å². The zero-order valence-electron chi connectivity index (χ0n) is 9.35. The van der Waals surface area contributed by atoms with Crippen molar-refractivity contribution in [2.45, 2.75) is 0 Å². The van der Waals surface area contributed by atoms with Crippen LogP contribution >= 0.6 is 0 Å². The monoisotopic (exact) mass is 237 g/mol. The first-order chi connectivity index (χ1) is 8.79. The molecule has 1 heterocycles. The minimum Gasteiger partial charge on any atom is -0.456 e. The van der Waals surface area contributed by atoms with E-state index < -0.39 is 5.82 Å². The second kappa shape index (κ2) is 4.01. The Hall–Kier alpha value is -2.60. The van der Waals surface area contributed by atoms with Crippen LogP contribution in [0.2, 0.25) is 0 Å². The van der Waals surface area contributed by atoms with Crippen LogP contribution in [0.25, 0.3) is 22.3 Å². The second-order valence-electron chi connectivity index (χ2n) is 3.92. The molecule has 0 aliphatic carbocycles. The summed E-state index contributed by atoms with van der Waals surface area (Å²) >= 11 is 0. The van der Waals surface area contributed by atoms with Crippen molar-refractivity contribution in [3.63, 3.8) is 0 Å². The van der Waals surface area contributed by atoms with Gasteiger partial charge < -0.3 is 4.42 Å². The number of para-hydroxylation sites is 1. The van der Waals surface area contributed by atoms with Crippen LogP contribution in [0.15, 0.2) is 52.9 Å². The van der Waals surface area contributed by atoms with Crippen molar-refractivity contribution in [1.82, 2.24) is 0 Å². The highest BCUT2D eigenvalue weighted by molar-refractivity contribution is 5.83.